The van der Waals surface area contributed by atoms with E-state index in [1.807, 2.05) is 6.07 Å². The number of fused-ring (bicyclic) bond motifs is 9. The van der Waals surface area contributed by atoms with Crippen LogP contribution in [0.4, 0.5) is 17.1 Å². The topological polar surface area (TPSA) is 21.3 Å². The molecule has 0 fully saturated rings. The molecular formula is C61H40N2O. The lowest BCUT2D eigenvalue weighted by atomic mass is 9.68. The zero-order chi connectivity index (χ0) is 42.2. The van der Waals surface area contributed by atoms with Crippen LogP contribution in [0.3, 0.4) is 0 Å². The molecule has 3 heteroatoms. The molecule has 2 aromatic heterocycles. The fourth-order valence-corrected chi connectivity index (χ4v) is 10.8. The van der Waals surface area contributed by atoms with Gasteiger partial charge in [0.15, 0.2) is 0 Å². The SMILES string of the molecule is c1ccc(C2(c3ccc(N(c4ccc(-n5c6ccccc6c6ccccc65)cc4)c4cccc(-c5cccc6c5oc5ccccc56)c4)cc3)c3ccccc3-c3ccccc32)cc1. The number of rotatable bonds is 7. The van der Waals surface area contributed by atoms with Crippen LogP contribution in [0.5, 0.6) is 0 Å². The van der Waals surface area contributed by atoms with Crippen molar-refractivity contribution in [3.63, 3.8) is 0 Å². The molecule has 0 saturated carbocycles. The first-order valence-electron chi connectivity index (χ1n) is 22.0. The van der Waals surface area contributed by atoms with E-state index in [0.717, 1.165) is 55.8 Å². The molecule has 0 N–H and O–H groups in total. The van der Waals surface area contributed by atoms with E-state index in [2.05, 4.69) is 246 Å². The Kier molecular flexibility index (Phi) is 8.13. The van der Waals surface area contributed by atoms with Gasteiger partial charge in [-0.25, -0.2) is 0 Å². The highest BCUT2D eigenvalue weighted by molar-refractivity contribution is 6.10. The van der Waals surface area contributed by atoms with Gasteiger partial charge in [-0.15, -0.1) is 0 Å². The zero-order valence-corrected chi connectivity index (χ0v) is 34.9. The van der Waals surface area contributed by atoms with Crippen LogP contribution in [0, 0.1) is 0 Å². The monoisotopic (exact) mass is 816 g/mol. The second kappa shape index (κ2) is 14.3. The lowest BCUT2D eigenvalue weighted by molar-refractivity contribution is 0.670. The van der Waals surface area contributed by atoms with E-state index >= 15 is 0 Å². The molecule has 0 saturated heterocycles. The smallest absolute Gasteiger partial charge is 0.143 e. The molecule has 0 amide bonds. The Morgan fingerprint density at radius 1 is 0.359 bits per heavy atom. The van der Waals surface area contributed by atoms with Crippen LogP contribution < -0.4 is 4.90 Å². The molecule has 0 spiro atoms. The van der Waals surface area contributed by atoms with Crippen LogP contribution in [0.25, 0.3) is 71.7 Å². The number of anilines is 3. The van der Waals surface area contributed by atoms with E-state index in [1.165, 1.54) is 55.2 Å². The summed E-state index contributed by atoms with van der Waals surface area (Å²) in [7, 11) is 0. The Labute approximate surface area is 371 Å². The number of hydrogen-bond acceptors (Lipinski definition) is 2. The molecular weight excluding hydrogens is 777 g/mol. The Morgan fingerprint density at radius 2 is 0.875 bits per heavy atom. The van der Waals surface area contributed by atoms with Crippen molar-refractivity contribution in [3.8, 4) is 27.9 Å². The van der Waals surface area contributed by atoms with Crippen molar-refractivity contribution in [3.05, 3.63) is 265 Å². The van der Waals surface area contributed by atoms with Crippen LogP contribution >= 0.6 is 0 Å². The number of para-hydroxylation sites is 4. The van der Waals surface area contributed by atoms with Crippen LogP contribution in [-0.4, -0.2) is 4.57 Å². The average molecular weight is 817 g/mol. The van der Waals surface area contributed by atoms with Crippen molar-refractivity contribution >= 4 is 60.8 Å². The molecule has 13 rings (SSSR count). The molecule has 12 aromatic rings. The van der Waals surface area contributed by atoms with E-state index in [4.69, 9.17) is 4.42 Å². The first-order chi connectivity index (χ1) is 31.8. The minimum absolute atomic E-state index is 0.479. The third kappa shape index (κ3) is 5.34. The Hall–Kier alpha value is -8.40. The Morgan fingerprint density at radius 3 is 1.56 bits per heavy atom. The summed E-state index contributed by atoms with van der Waals surface area (Å²) in [4.78, 5) is 2.38. The quantitative estimate of drug-likeness (QED) is 0.160. The van der Waals surface area contributed by atoms with Gasteiger partial charge in [-0.05, 0) is 106 Å². The van der Waals surface area contributed by atoms with Gasteiger partial charge in [0, 0.05) is 49.9 Å². The number of benzene rings is 10. The fraction of sp³-hybridized carbons (Fsp3) is 0.0164. The summed E-state index contributed by atoms with van der Waals surface area (Å²) in [6.07, 6.45) is 0. The van der Waals surface area contributed by atoms with Gasteiger partial charge in [-0.1, -0.05) is 176 Å². The predicted octanol–water partition coefficient (Wildman–Crippen LogP) is 16.2. The molecule has 1 aliphatic carbocycles. The van der Waals surface area contributed by atoms with Crippen molar-refractivity contribution in [1.29, 1.82) is 0 Å². The van der Waals surface area contributed by atoms with Crippen molar-refractivity contribution in [2.75, 3.05) is 4.90 Å². The standard InChI is InChI=1S/C61H40N2O/c1-2-17-42(18-3-1)61(55-27-9-4-20-49(55)50-21-5-10-28-56(50)61)43-32-34-44(35-33-43)62(45-36-38-46(39-37-45)63-57-29-11-6-22-51(57)52-23-7-12-30-58(52)63)47-19-14-16-41(40-47)48-25-15-26-54-53-24-8-13-31-59(53)64-60(48)54/h1-40H. The molecule has 0 aliphatic heterocycles. The zero-order valence-electron chi connectivity index (χ0n) is 34.9. The van der Waals surface area contributed by atoms with Crippen molar-refractivity contribution in [1.82, 2.24) is 4.57 Å². The van der Waals surface area contributed by atoms with Gasteiger partial charge in [0.1, 0.15) is 11.2 Å². The molecule has 1 aliphatic rings. The number of furan rings is 1. The van der Waals surface area contributed by atoms with E-state index < -0.39 is 5.41 Å². The third-order valence-corrected chi connectivity index (χ3v) is 13.5. The van der Waals surface area contributed by atoms with Crippen molar-refractivity contribution in [2.45, 2.75) is 5.41 Å². The molecule has 0 unspecified atom stereocenters. The van der Waals surface area contributed by atoms with E-state index in [1.54, 1.807) is 0 Å². The van der Waals surface area contributed by atoms with Gasteiger partial charge in [0.25, 0.3) is 0 Å². The van der Waals surface area contributed by atoms with Crippen LogP contribution in [-0.2, 0) is 5.41 Å². The van der Waals surface area contributed by atoms with Crippen molar-refractivity contribution < 1.29 is 4.42 Å². The molecule has 300 valence electrons. The van der Waals surface area contributed by atoms with Gasteiger partial charge in [-0.2, -0.15) is 0 Å². The molecule has 3 nitrogen and oxygen atoms in total. The highest BCUT2D eigenvalue weighted by Gasteiger charge is 2.45. The van der Waals surface area contributed by atoms with Crippen LogP contribution in [0.15, 0.2) is 247 Å². The Balaban J connectivity index is 0.987. The summed E-state index contributed by atoms with van der Waals surface area (Å²) in [5.74, 6) is 0. The molecule has 0 atom stereocenters. The Bertz CT molecular complexity index is 3630. The summed E-state index contributed by atoms with van der Waals surface area (Å²) >= 11 is 0. The highest BCUT2D eigenvalue weighted by atomic mass is 16.3. The summed E-state index contributed by atoms with van der Waals surface area (Å²) in [5, 5.41) is 4.75. The van der Waals surface area contributed by atoms with E-state index in [-0.39, 0.29) is 0 Å². The predicted molar refractivity (Wildman–Crippen MR) is 265 cm³/mol. The van der Waals surface area contributed by atoms with Crippen LogP contribution in [0.1, 0.15) is 22.3 Å². The van der Waals surface area contributed by atoms with Gasteiger partial charge >= 0.3 is 0 Å². The normalized spacial score (nSPS) is 12.8. The first-order valence-corrected chi connectivity index (χ1v) is 22.0. The van der Waals surface area contributed by atoms with Gasteiger partial charge in [0.2, 0.25) is 0 Å². The number of aromatic nitrogens is 1. The number of nitrogens with zero attached hydrogens (tertiary/aromatic N) is 2. The maximum atomic E-state index is 6.56. The summed E-state index contributed by atoms with van der Waals surface area (Å²) in [6, 6.07) is 88.2. The molecule has 0 radical (unpaired) electrons. The van der Waals surface area contributed by atoms with Gasteiger partial charge in [0.05, 0.1) is 16.4 Å². The minimum atomic E-state index is -0.479. The average Bonchev–Trinajstić information content (AvgIpc) is 4.02. The lowest BCUT2D eigenvalue weighted by Crippen LogP contribution is -2.28. The highest BCUT2D eigenvalue weighted by Crippen LogP contribution is 2.56. The van der Waals surface area contributed by atoms with E-state index in [9.17, 15) is 0 Å². The molecule has 0 bridgehead atoms. The molecule has 2 heterocycles. The lowest BCUT2D eigenvalue weighted by Gasteiger charge is -2.34. The fourth-order valence-electron chi connectivity index (χ4n) is 10.8. The maximum absolute atomic E-state index is 6.56. The molecule has 10 aromatic carbocycles. The van der Waals surface area contributed by atoms with Crippen molar-refractivity contribution in [2.24, 2.45) is 0 Å². The second-order valence-electron chi connectivity index (χ2n) is 16.8. The van der Waals surface area contributed by atoms with Gasteiger partial charge in [-0.3, -0.25) is 0 Å². The first kappa shape index (κ1) is 36.3. The second-order valence-corrected chi connectivity index (χ2v) is 16.8. The van der Waals surface area contributed by atoms with Gasteiger partial charge < -0.3 is 13.9 Å². The number of hydrogen-bond donors (Lipinski definition) is 0. The minimum Gasteiger partial charge on any atom is -0.455 e. The van der Waals surface area contributed by atoms with E-state index in [0.29, 0.717) is 0 Å². The van der Waals surface area contributed by atoms with Crippen LogP contribution in [0.2, 0.25) is 0 Å². The third-order valence-electron chi connectivity index (χ3n) is 13.5. The maximum Gasteiger partial charge on any atom is 0.143 e. The summed E-state index contributed by atoms with van der Waals surface area (Å²) in [6.45, 7) is 0. The molecule has 64 heavy (non-hydrogen) atoms. The largest absolute Gasteiger partial charge is 0.455 e. The summed E-state index contributed by atoms with van der Waals surface area (Å²) < 4.78 is 8.94. The summed E-state index contributed by atoms with van der Waals surface area (Å²) in [5.41, 5.74) is 17.8.